The van der Waals surface area contributed by atoms with Gasteiger partial charge in [-0.25, -0.2) is 13.9 Å². The fourth-order valence-electron chi connectivity index (χ4n) is 3.74. The Morgan fingerprint density at radius 3 is 2.43 bits per heavy atom. The molecule has 1 amide bonds. The number of carbonyl (C=O) groups is 1. The van der Waals surface area contributed by atoms with Gasteiger partial charge in [-0.05, 0) is 24.7 Å². The summed E-state index contributed by atoms with van der Waals surface area (Å²) in [5.74, 6) is -0.475. The molecule has 7 heteroatoms. The van der Waals surface area contributed by atoms with Gasteiger partial charge in [-0.2, -0.15) is 5.10 Å². The van der Waals surface area contributed by atoms with Crippen molar-refractivity contribution in [1.82, 2.24) is 24.4 Å². The Bertz CT molecular complexity index is 1080. The van der Waals surface area contributed by atoms with Crippen molar-refractivity contribution in [3.63, 3.8) is 0 Å². The molecule has 0 spiro atoms. The second-order valence-electron chi connectivity index (χ2n) is 8.78. The number of halogens is 1. The number of likely N-dealkylation sites (N-methyl/N-ethyl adjacent to an activating group) is 1. The van der Waals surface area contributed by atoms with Gasteiger partial charge in [-0.3, -0.25) is 4.79 Å². The van der Waals surface area contributed by atoms with Crippen molar-refractivity contribution in [1.29, 1.82) is 0 Å². The maximum absolute atomic E-state index is 14.7. The van der Waals surface area contributed by atoms with Crippen molar-refractivity contribution < 1.29 is 9.18 Å². The standard InChI is InChI=1S/C23H28FN5O/c1-5-27-10-12-28(13-11-27)22(30)18-14-19(16-8-6-7-9-17(16)24)29-21(25-18)15-20(26-29)23(2,3)4/h6-9,14-15H,5,10-13H2,1-4H3. The SMILES string of the molecule is CCN1CCN(C(=O)c2cc(-c3ccccc3F)n3nc(C(C)(C)C)cc3n2)CC1. The van der Waals surface area contributed by atoms with E-state index in [0.717, 1.165) is 25.3 Å². The van der Waals surface area contributed by atoms with Gasteiger partial charge in [0.2, 0.25) is 0 Å². The third-order valence-electron chi connectivity index (χ3n) is 5.67. The summed E-state index contributed by atoms with van der Waals surface area (Å²) in [6.07, 6.45) is 0. The number of aromatic nitrogens is 3. The molecule has 1 aromatic carbocycles. The summed E-state index contributed by atoms with van der Waals surface area (Å²) in [5.41, 5.74) is 2.46. The van der Waals surface area contributed by atoms with Gasteiger partial charge in [0, 0.05) is 43.2 Å². The molecule has 1 fully saturated rings. The fraction of sp³-hybridized carbons (Fsp3) is 0.435. The van der Waals surface area contributed by atoms with Crippen LogP contribution in [0.25, 0.3) is 16.9 Å². The zero-order chi connectivity index (χ0) is 21.5. The van der Waals surface area contributed by atoms with Crippen LogP contribution in [0, 0.1) is 5.82 Å². The van der Waals surface area contributed by atoms with E-state index in [1.165, 1.54) is 6.07 Å². The van der Waals surface area contributed by atoms with Crippen LogP contribution in [0.3, 0.4) is 0 Å². The molecule has 0 radical (unpaired) electrons. The Morgan fingerprint density at radius 1 is 1.10 bits per heavy atom. The van der Waals surface area contributed by atoms with Gasteiger partial charge < -0.3 is 9.80 Å². The molecule has 4 rings (SSSR count). The maximum atomic E-state index is 14.7. The lowest BCUT2D eigenvalue weighted by molar-refractivity contribution is 0.0638. The minimum Gasteiger partial charge on any atom is -0.335 e. The first-order valence-corrected chi connectivity index (χ1v) is 10.5. The van der Waals surface area contributed by atoms with E-state index in [0.29, 0.717) is 35.7 Å². The van der Waals surface area contributed by atoms with Crippen molar-refractivity contribution in [2.45, 2.75) is 33.1 Å². The number of hydrogen-bond donors (Lipinski definition) is 0. The predicted molar refractivity (Wildman–Crippen MR) is 115 cm³/mol. The van der Waals surface area contributed by atoms with E-state index in [-0.39, 0.29) is 17.1 Å². The Hall–Kier alpha value is -2.80. The number of carbonyl (C=O) groups excluding carboxylic acids is 1. The smallest absolute Gasteiger partial charge is 0.272 e. The molecule has 2 aromatic heterocycles. The van der Waals surface area contributed by atoms with Crippen molar-refractivity contribution in [3.05, 3.63) is 53.6 Å². The molecule has 0 atom stereocenters. The molecular weight excluding hydrogens is 381 g/mol. The quantitative estimate of drug-likeness (QED) is 0.663. The van der Waals surface area contributed by atoms with Crippen molar-refractivity contribution >= 4 is 11.6 Å². The van der Waals surface area contributed by atoms with Crippen LogP contribution in [0.4, 0.5) is 4.39 Å². The Morgan fingerprint density at radius 2 is 1.80 bits per heavy atom. The lowest BCUT2D eigenvalue weighted by atomic mass is 9.93. The van der Waals surface area contributed by atoms with Gasteiger partial charge in [0.15, 0.2) is 5.65 Å². The molecule has 3 heterocycles. The molecule has 30 heavy (non-hydrogen) atoms. The molecule has 0 bridgehead atoms. The molecule has 0 N–H and O–H groups in total. The summed E-state index contributed by atoms with van der Waals surface area (Å²) in [4.78, 5) is 22.0. The van der Waals surface area contributed by atoms with Gasteiger partial charge in [0.05, 0.1) is 11.4 Å². The third-order valence-corrected chi connectivity index (χ3v) is 5.67. The molecule has 3 aromatic rings. The maximum Gasteiger partial charge on any atom is 0.272 e. The lowest BCUT2D eigenvalue weighted by Crippen LogP contribution is -2.48. The van der Waals surface area contributed by atoms with Crippen LogP contribution in [0.2, 0.25) is 0 Å². The van der Waals surface area contributed by atoms with Gasteiger partial charge in [0.1, 0.15) is 11.5 Å². The average molecular weight is 410 g/mol. The minimum absolute atomic E-state index is 0.121. The van der Waals surface area contributed by atoms with Crippen LogP contribution in [0.15, 0.2) is 36.4 Å². The number of hydrogen-bond acceptors (Lipinski definition) is 4. The minimum atomic E-state index is -0.354. The third kappa shape index (κ3) is 3.81. The first kappa shape index (κ1) is 20.5. The molecule has 0 saturated carbocycles. The normalized spacial score (nSPS) is 15.7. The van der Waals surface area contributed by atoms with Crippen molar-refractivity contribution in [2.75, 3.05) is 32.7 Å². The van der Waals surface area contributed by atoms with E-state index in [1.807, 2.05) is 11.0 Å². The predicted octanol–water partition coefficient (Wildman–Crippen LogP) is 3.61. The number of amides is 1. The Balaban J connectivity index is 1.81. The summed E-state index contributed by atoms with van der Waals surface area (Å²) in [6, 6.07) is 10.1. The summed E-state index contributed by atoms with van der Waals surface area (Å²) in [6.45, 7) is 12.3. The highest BCUT2D eigenvalue weighted by molar-refractivity contribution is 5.94. The molecule has 1 aliphatic rings. The van der Waals surface area contributed by atoms with E-state index in [9.17, 15) is 9.18 Å². The highest BCUT2D eigenvalue weighted by atomic mass is 19.1. The Kier molecular flexibility index (Phi) is 5.32. The summed E-state index contributed by atoms with van der Waals surface area (Å²) < 4.78 is 16.3. The summed E-state index contributed by atoms with van der Waals surface area (Å²) in [5, 5.41) is 4.69. The van der Waals surface area contributed by atoms with Crippen LogP contribution in [0.1, 0.15) is 43.9 Å². The average Bonchev–Trinajstić information content (AvgIpc) is 3.18. The number of fused-ring (bicyclic) bond motifs is 1. The van der Waals surface area contributed by atoms with Crippen LogP contribution in [-0.4, -0.2) is 63.0 Å². The van der Waals surface area contributed by atoms with Crippen molar-refractivity contribution in [2.24, 2.45) is 0 Å². The molecule has 0 aliphatic carbocycles. The molecule has 6 nitrogen and oxygen atoms in total. The number of piperazine rings is 1. The second kappa shape index (κ2) is 7.80. The molecular formula is C23H28FN5O. The summed E-state index contributed by atoms with van der Waals surface area (Å²) >= 11 is 0. The van der Waals surface area contributed by atoms with Gasteiger partial charge in [-0.1, -0.05) is 39.8 Å². The summed E-state index contributed by atoms with van der Waals surface area (Å²) in [7, 11) is 0. The van der Waals surface area contributed by atoms with Crippen LogP contribution >= 0.6 is 0 Å². The number of benzene rings is 1. The van der Waals surface area contributed by atoms with E-state index < -0.39 is 0 Å². The molecule has 1 saturated heterocycles. The van der Waals surface area contributed by atoms with Crippen molar-refractivity contribution in [3.8, 4) is 11.3 Å². The van der Waals surface area contributed by atoms with Crippen LogP contribution < -0.4 is 0 Å². The van der Waals surface area contributed by atoms with E-state index in [2.05, 4.69) is 37.6 Å². The first-order valence-electron chi connectivity index (χ1n) is 10.5. The molecule has 1 aliphatic heterocycles. The van der Waals surface area contributed by atoms with Gasteiger partial charge in [-0.15, -0.1) is 0 Å². The highest BCUT2D eigenvalue weighted by Gasteiger charge is 2.26. The Labute approximate surface area is 176 Å². The number of rotatable bonds is 3. The van der Waals surface area contributed by atoms with E-state index >= 15 is 0 Å². The lowest BCUT2D eigenvalue weighted by Gasteiger charge is -2.33. The van der Waals surface area contributed by atoms with E-state index in [1.54, 1.807) is 28.8 Å². The van der Waals surface area contributed by atoms with E-state index in [4.69, 9.17) is 5.10 Å². The monoisotopic (exact) mass is 409 g/mol. The number of nitrogens with zero attached hydrogens (tertiary/aromatic N) is 5. The zero-order valence-corrected chi connectivity index (χ0v) is 18.0. The second-order valence-corrected chi connectivity index (χ2v) is 8.78. The topological polar surface area (TPSA) is 53.7 Å². The largest absolute Gasteiger partial charge is 0.335 e. The van der Waals surface area contributed by atoms with Crippen LogP contribution in [-0.2, 0) is 5.41 Å². The zero-order valence-electron chi connectivity index (χ0n) is 18.0. The van der Waals surface area contributed by atoms with Crippen LogP contribution in [0.5, 0.6) is 0 Å². The molecule has 158 valence electrons. The first-order chi connectivity index (χ1) is 14.3. The molecule has 0 unspecified atom stereocenters. The fourth-order valence-corrected chi connectivity index (χ4v) is 3.74. The van der Waals surface area contributed by atoms with Gasteiger partial charge in [0.25, 0.3) is 5.91 Å². The highest BCUT2D eigenvalue weighted by Crippen LogP contribution is 2.28. The van der Waals surface area contributed by atoms with Gasteiger partial charge >= 0.3 is 0 Å².